The smallest absolute Gasteiger partial charge is 0.416 e. The van der Waals surface area contributed by atoms with Crippen LogP contribution in [-0.4, -0.2) is 72.3 Å². The number of hydrogen-bond acceptors (Lipinski definition) is 8. The zero-order valence-electron chi connectivity index (χ0n) is 29.1. The van der Waals surface area contributed by atoms with Crippen LogP contribution in [0.25, 0.3) is 11.4 Å². The zero-order chi connectivity index (χ0) is 37.5. The molecule has 276 valence electrons. The van der Waals surface area contributed by atoms with Crippen molar-refractivity contribution in [3.63, 3.8) is 0 Å². The lowest BCUT2D eigenvalue weighted by Gasteiger charge is -2.24. The molecule has 4 aromatic rings. The van der Waals surface area contributed by atoms with Gasteiger partial charge in [0.2, 0.25) is 11.7 Å². The molecular weight excluding hydrogens is 703 g/mol. The number of rotatable bonds is 9. The Morgan fingerprint density at radius 1 is 1.21 bits per heavy atom. The molecule has 4 atom stereocenters. The molecule has 0 bridgehead atoms. The molecule has 0 saturated heterocycles. The van der Waals surface area contributed by atoms with Gasteiger partial charge in [0.25, 0.3) is 11.5 Å². The van der Waals surface area contributed by atoms with E-state index in [1.54, 1.807) is 9.47 Å². The van der Waals surface area contributed by atoms with Crippen LogP contribution in [0.2, 0.25) is 5.02 Å². The first-order chi connectivity index (χ1) is 24.9. The second-order valence-corrected chi connectivity index (χ2v) is 13.2. The number of fused-ring (bicyclic) bond motifs is 4. The Bertz CT molecular complexity index is 2110. The van der Waals surface area contributed by atoms with Crippen LogP contribution in [0.5, 0.6) is 5.75 Å². The topological polar surface area (TPSA) is 144 Å². The molecule has 3 aromatic heterocycles. The van der Waals surface area contributed by atoms with Gasteiger partial charge in [-0.15, -0.1) is 5.10 Å². The van der Waals surface area contributed by atoms with Gasteiger partial charge in [0, 0.05) is 36.5 Å². The van der Waals surface area contributed by atoms with Gasteiger partial charge in [0.05, 0.1) is 29.5 Å². The highest BCUT2D eigenvalue weighted by molar-refractivity contribution is 6.33. The van der Waals surface area contributed by atoms with Crippen molar-refractivity contribution in [2.24, 2.45) is 11.8 Å². The van der Waals surface area contributed by atoms with Crippen LogP contribution >= 0.6 is 11.6 Å². The first-order valence-corrected chi connectivity index (χ1v) is 17.7. The highest BCUT2D eigenvalue weighted by Gasteiger charge is 2.61. The highest BCUT2D eigenvalue weighted by Crippen LogP contribution is 2.67. The molecule has 52 heavy (non-hydrogen) atoms. The third-order valence-electron chi connectivity index (χ3n) is 9.91. The summed E-state index contributed by atoms with van der Waals surface area (Å²) >= 11 is 6.14. The number of pyridine rings is 1. The Morgan fingerprint density at radius 3 is 2.63 bits per heavy atom. The molecule has 0 spiro atoms. The average Bonchev–Trinajstić information content (AvgIpc) is 3.43. The van der Waals surface area contributed by atoms with E-state index in [0.717, 1.165) is 23.8 Å². The van der Waals surface area contributed by atoms with Crippen LogP contribution in [0.3, 0.4) is 0 Å². The maximum atomic E-state index is 14.3. The zero-order valence-corrected chi connectivity index (χ0v) is 29.8. The summed E-state index contributed by atoms with van der Waals surface area (Å²) < 4.78 is 48.0. The van der Waals surface area contributed by atoms with Crippen LogP contribution in [0.4, 0.5) is 18.9 Å². The molecule has 1 aliphatic heterocycles. The van der Waals surface area contributed by atoms with Crippen LogP contribution in [0.1, 0.15) is 85.5 Å². The molecule has 1 saturated carbocycles. The van der Waals surface area contributed by atoms with E-state index in [-0.39, 0.29) is 70.3 Å². The number of carbonyl (C=O) groups is 2. The largest absolute Gasteiger partial charge is 0.505 e. The van der Waals surface area contributed by atoms with Crippen molar-refractivity contribution in [1.29, 1.82) is 0 Å². The number of carbonyl (C=O) groups excluding carboxylic acids is 2. The summed E-state index contributed by atoms with van der Waals surface area (Å²) in [7, 11) is 0. The summed E-state index contributed by atoms with van der Waals surface area (Å²) in [4.78, 5) is 51.5. The molecule has 2 aliphatic carbocycles. The monoisotopic (exact) mass is 741 g/mol. The van der Waals surface area contributed by atoms with Gasteiger partial charge in [0.15, 0.2) is 11.5 Å². The summed E-state index contributed by atoms with van der Waals surface area (Å²) in [5, 5.41) is 17.2. The molecule has 12 nitrogen and oxygen atoms in total. The van der Waals surface area contributed by atoms with Gasteiger partial charge < -0.3 is 24.6 Å². The molecule has 1 fully saturated rings. The molecule has 2 N–H and O–H groups in total. The van der Waals surface area contributed by atoms with E-state index in [4.69, 9.17) is 21.3 Å². The van der Waals surface area contributed by atoms with Gasteiger partial charge in [-0.2, -0.15) is 22.7 Å². The summed E-state index contributed by atoms with van der Waals surface area (Å²) in [6.07, 6.45) is -0.353. The number of halogens is 4. The lowest BCUT2D eigenvalue weighted by atomic mass is 9.92. The molecular formula is C36H39ClF3N7O5. The summed E-state index contributed by atoms with van der Waals surface area (Å²) in [5.74, 6) is -0.832. The fourth-order valence-electron chi connectivity index (χ4n) is 7.43. The number of aromatic hydroxyl groups is 1. The minimum atomic E-state index is -4.60. The van der Waals surface area contributed by atoms with E-state index in [9.17, 15) is 32.7 Å². The Kier molecular flexibility index (Phi) is 10.5. The Balaban J connectivity index is 0.00000228. The Morgan fingerprint density at radius 2 is 1.98 bits per heavy atom. The minimum Gasteiger partial charge on any atom is -0.505 e. The lowest BCUT2D eigenvalue weighted by molar-refractivity contribution is -0.137. The van der Waals surface area contributed by atoms with Gasteiger partial charge in [-0.05, 0) is 73.4 Å². The van der Waals surface area contributed by atoms with E-state index in [1.165, 1.54) is 22.8 Å². The lowest BCUT2D eigenvalue weighted by Crippen LogP contribution is -2.34. The Labute approximate surface area is 302 Å². The number of nitrogens with one attached hydrogen (secondary N) is 1. The van der Waals surface area contributed by atoms with E-state index in [1.807, 2.05) is 26.8 Å². The SMILES string of the molecule is CC.CCN(CCC1c2c(n(CC(=O)Nc3ccc(C(F)(F)F)cc3Cl)c3nc(C4=CCOCC4)nn3c2=O)C2C(C)C12)C(=O)c1ncccc1O. The molecule has 4 unspecified atom stereocenters. The number of hydrogen-bond donors (Lipinski definition) is 2. The highest BCUT2D eigenvalue weighted by atomic mass is 35.5. The number of ether oxygens (including phenoxy) is 1. The van der Waals surface area contributed by atoms with E-state index >= 15 is 0 Å². The molecule has 3 aliphatic rings. The summed E-state index contributed by atoms with van der Waals surface area (Å²) in [6.45, 7) is 9.04. The molecule has 0 radical (unpaired) electrons. The minimum absolute atomic E-state index is 0.00621. The fourth-order valence-corrected chi connectivity index (χ4v) is 7.66. The normalized spacial score (nSPS) is 20.3. The predicted octanol–water partition coefficient (Wildman–Crippen LogP) is 6.13. The maximum absolute atomic E-state index is 14.3. The van der Waals surface area contributed by atoms with Gasteiger partial charge >= 0.3 is 6.18 Å². The second kappa shape index (κ2) is 14.7. The van der Waals surface area contributed by atoms with E-state index in [2.05, 4.69) is 22.3 Å². The van der Waals surface area contributed by atoms with Crippen LogP contribution in [-0.2, 0) is 22.3 Å². The number of anilines is 1. The summed E-state index contributed by atoms with van der Waals surface area (Å²) in [6, 6.07) is 5.62. The van der Waals surface area contributed by atoms with Gasteiger partial charge in [0.1, 0.15) is 12.3 Å². The Hall–Kier alpha value is -4.76. The van der Waals surface area contributed by atoms with Crippen LogP contribution in [0, 0.1) is 11.8 Å². The number of nitrogens with zero attached hydrogens (tertiary/aromatic N) is 6. The summed E-state index contributed by atoms with van der Waals surface area (Å²) in [5.41, 5.74) is 0.606. The number of amides is 2. The third-order valence-corrected chi connectivity index (χ3v) is 10.2. The van der Waals surface area contributed by atoms with Crippen molar-refractivity contribution in [1.82, 2.24) is 29.0 Å². The van der Waals surface area contributed by atoms with Crippen molar-refractivity contribution in [2.45, 2.75) is 65.1 Å². The third kappa shape index (κ3) is 6.78. The molecule has 16 heteroatoms. The standard InChI is InChI=1S/C34H33ClF3N7O5.C2H6/c1-3-43(32(49)28-23(46)5-4-11-39-28)12-8-20-25-17(2)26(25)29-27(20)31(48)45-33(41-30(42-45)18-9-13-50-14-10-18)44(29)16-24(47)40-22-7-6-19(15-21(22)35)34(36,37)38;1-2/h4-7,9,11,15,17,20,25-26,46H,3,8,10,12-14,16H2,1-2H3,(H,40,47);1-2H3. The second-order valence-electron chi connectivity index (χ2n) is 12.7. The van der Waals surface area contributed by atoms with Gasteiger partial charge in [-0.25, -0.2) is 4.98 Å². The van der Waals surface area contributed by atoms with E-state index in [0.29, 0.717) is 49.7 Å². The van der Waals surface area contributed by atoms with Crippen LogP contribution in [0.15, 0.2) is 47.4 Å². The number of alkyl halides is 3. The quantitative estimate of drug-likeness (QED) is 0.209. The maximum Gasteiger partial charge on any atom is 0.416 e. The van der Waals surface area contributed by atoms with E-state index < -0.39 is 23.6 Å². The first-order valence-electron chi connectivity index (χ1n) is 17.3. The fraction of sp³-hybridized carbons (Fsp3) is 0.444. The average molecular weight is 742 g/mol. The van der Waals surface area contributed by atoms with Gasteiger partial charge in [-0.3, -0.25) is 14.4 Å². The van der Waals surface area contributed by atoms with Crippen molar-refractivity contribution in [2.75, 3.05) is 31.6 Å². The van der Waals surface area contributed by atoms with Crippen molar-refractivity contribution >= 4 is 40.5 Å². The number of benzene rings is 1. The molecule has 7 rings (SSSR count). The molecule has 1 aromatic carbocycles. The van der Waals surface area contributed by atoms with Crippen molar-refractivity contribution < 1.29 is 32.6 Å². The number of aromatic nitrogens is 5. The molecule has 4 heterocycles. The van der Waals surface area contributed by atoms with Crippen molar-refractivity contribution in [3.05, 3.63) is 86.3 Å². The van der Waals surface area contributed by atoms with Crippen LogP contribution < -0.4 is 10.9 Å². The van der Waals surface area contributed by atoms with Gasteiger partial charge in [-0.1, -0.05) is 38.4 Å². The first kappa shape index (κ1) is 37.0. The molecule has 2 amide bonds. The van der Waals surface area contributed by atoms with Crippen molar-refractivity contribution in [3.8, 4) is 5.75 Å². The predicted molar refractivity (Wildman–Crippen MR) is 187 cm³/mol.